The molecule has 5 rings (SSSR count). The highest BCUT2D eigenvalue weighted by Gasteiger charge is 2.14. The molecule has 0 aliphatic rings. The second-order valence-electron chi connectivity index (χ2n) is 7.70. The molecular formula is C30H24O3. The Morgan fingerprint density at radius 2 is 0.818 bits per heavy atom. The van der Waals surface area contributed by atoms with Crippen molar-refractivity contribution in [2.24, 2.45) is 0 Å². The smallest absolute Gasteiger partial charge is 0.138 e. The first-order chi connectivity index (χ1) is 16.4. The zero-order valence-corrected chi connectivity index (χ0v) is 18.2. The SMILES string of the molecule is c1ccc(COc2ccccc2-c2ccc(-c3ccccc3OCc3ccccc3)o2)cc1. The second kappa shape index (κ2) is 9.92. The summed E-state index contributed by atoms with van der Waals surface area (Å²) in [6.07, 6.45) is 0. The van der Waals surface area contributed by atoms with Crippen LogP contribution in [0, 0.1) is 0 Å². The lowest BCUT2D eigenvalue weighted by Crippen LogP contribution is -1.96. The zero-order valence-electron chi connectivity index (χ0n) is 18.2. The van der Waals surface area contributed by atoms with E-state index < -0.39 is 0 Å². The Bertz CT molecular complexity index is 1210. The van der Waals surface area contributed by atoms with E-state index in [-0.39, 0.29) is 0 Å². The van der Waals surface area contributed by atoms with Crippen LogP contribution in [0.4, 0.5) is 0 Å². The average Bonchev–Trinajstić information content (AvgIpc) is 3.38. The molecule has 0 aliphatic heterocycles. The molecule has 5 aromatic rings. The molecule has 0 atom stereocenters. The van der Waals surface area contributed by atoms with E-state index in [0.717, 1.165) is 45.3 Å². The van der Waals surface area contributed by atoms with Crippen LogP contribution in [-0.4, -0.2) is 0 Å². The van der Waals surface area contributed by atoms with Crippen molar-refractivity contribution in [3.8, 4) is 34.1 Å². The van der Waals surface area contributed by atoms with Crippen molar-refractivity contribution in [2.45, 2.75) is 13.2 Å². The number of para-hydroxylation sites is 2. The van der Waals surface area contributed by atoms with Gasteiger partial charge in [-0.1, -0.05) is 84.9 Å². The third-order valence-electron chi connectivity index (χ3n) is 5.39. The first kappa shape index (κ1) is 20.7. The number of rotatable bonds is 8. The Kier molecular flexibility index (Phi) is 6.21. The molecule has 0 unspecified atom stereocenters. The summed E-state index contributed by atoms with van der Waals surface area (Å²) in [7, 11) is 0. The van der Waals surface area contributed by atoms with Crippen LogP contribution >= 0.6 is 0 Å². The predicted molar refractivity (Wildman–Crippen MR) is 131 cm³/mol. The van der Waals surface area contributed by atoms with Crippen LogP contribution in [0.3, 0.4) is 0 Å². The number of benzene rings is 4. The highest BCUT2D eigenvalue weighted by atomic mass is 16.5. The van der Waals surface area contributed by atoms with E-state index in [1.165, 1.54) is 0 Å². The van der Waals surface area contributed by atoms with Gasteiger partial charge in [0, 0.05) is 0 Å². The number of hydrogen-bond acceptors (Lipinski definition) is 3. The Morgan fingerprint density at radius 3 is 1.27 bits per heavy atom. The van der Waals surface area contributed by atoms with Crippen molar-refractivity contribution in [1.29, 1.82) is 0 Å². The first-order valence-electron chi connectivity index (χ1n) is 11.0. The number of hydrogen-bond donors (Lipinski definition) is 0. The Morgan fingerprint density at radius 1 is 0.424 bits per heavy atom. The van der Waals surface area contributed by atoms with Crippen LogP contribution in [-0.2, 0) is 13.2 Å². The Hall–Kier alpha value is -4.24. The van der Waals surface area contributed by atoms with Gasteiger partial charge in [0.25, 0.3) is 0 Å². The summed E-state index contributed by atoms with van der Waals surface area (Å²) in [5.41, 5.74) is 4.08. The molecule has 0 saturated carbocycles. The van der Waals surface area contributed by atoms with E-state index in [0.29, 0.717) is 13.2 Å². The summed E-state index contributed by atoms with van der Waals surface area (Å²) in [5, 5.41) is 0. The minimum absolute atomic E-state index is 0.502. The molecule has 1 aromatic heterocycles. The zero-order chi connectivity index (χ0) is 22.3. The van der Waals surface area contributed by atoms with Gasteiger partial charge in [-0.25, -0.2) is 0 Å². The molecule has 33 heavy (non-hydrogen) atoms. The van der Waals surface area contributed by atoms with Crippen LogP contribution in [0.25, 0.3) is 22.6 Å². The third-order valence-corrected chi connectivity index (χ3v) is 5.39. The molecule has 1 heterocycles. The maximum atomic E-state index is 6.28. The topological polar surface area (TPSA) is 31.6 Å². The van der Waals surface area contributed by atoms with Gasteiger partial charge in [0.15, 0.2) is 0 Å². The van der Waals surface area contributed by atoms with E-state index in [1.807, 2.05) is 97.1 Å². The number of furan rings is 1. The van der Waals surface area contributed by atoms with E-state index in [2.05, 4.69) is 24.3 Å². The maximum absolute atomic E-state index is 6.28. The van der Waals surface area contributed by atoms with E-state index >= 15 is 0 Å². The summed E-state index contributed by atoms with van der Waals surface area (Å²) < 4.78 is 18.5. The lowest BCUT2D eigenvalue weighted by Gasteiger charge is -2.11. The predicted octanol–water partition coefficient (Wildman–Crippen LogP) is 7.77. The molecule has 0 spiro atoms. The molecular weight excluding hydrogens is 408 g/mol. The summed E-state index contributed by atoms with van der Waals surface area (Å²) in [5.74, 6) is 3.09. The summed E-state index contributed by atoms with van der Waals surface area (Å²) >= 11 is 0. The quantitative estimate of drug-likeness (QED) is 0.251. The highest BCUT2D eigenvalue weighted by Crippen LogP contribution is 2.37. The van der Waals surface area contributed by atoms with E-state index in [1.54, 1.807) is 0 Å². The van der Waals surface area contributed by atoms with Crippen LogP contribution in [0.5, 0.6) is 11.5 Å². The lowest BCUT2D eigenvalue weighted by atomic mass is 10.1. The number of ether oxygens (including phenoxy) is 2. The monoisotopic (exact) mass is 432 g/mol. The first-order valence-corrected chi connectivity index (χ1v) is 11.0. The fraction of sp³-hybridized carbons (Fsp3) is 0.0667. The molecule has 4 aromatic carbocycles. The fourth-order valence-electron chi connectivity index (χ4n) is 3.69. The van der Waals surface area contributed by atoms with Crippen molar-refractivity contribution < 1.29 is 13.9 Å². The van der Waals surface area contributed by atoms with Crippen LogP contribution < -0.4 is 9.47 Å². The minimum atomic E-state index is 0.502. The van der Waals surface area contributed by atoms with Gasteiger partial charge < -0.3 is 13.9 Å². The van der Waals surface area contributed by atoms with Gasteiger partial charge in [-0.15, -0.1) is 0 Å². The third kappa shape index (κ3) is 4.99. The van der Waals surface area contributed by atoms with Gasteiger partial charge in [-0.2, -0.15) is 0 Å². The van der Waals surface area contributed by atoms with Crippen molar-refractivity contribution >= 4 is 0 Å². The van der Waals surface area contributed by atoms with Crippen LogP contribution in [0.2, 0.25) is 0 Å². The van der Waals surface area contributed by atoms with Gasteiger partial charge in [-0.3, -0.25) is 0 Å². The van der Waals surface area contributed by atoms with E-state index in [9.17, 15) is 0 Å². The molecule has 0 fully saturated rings. The van der Waals surface area contributed by atoms with Gasteiger partial charge >= 0.3 is 0 Å². The molecule has 0 bridgehead atoms. The van der Waals surface area contributed by atoms with Crippen molar-refractivity contribution in [3.05, 3.63) is 132 Å². The molecule has 162 valence electrons. The molecule has 0 radical (unpaired) electrons. The molecule has 0 saturated heterocycles. The van der Waals surface area contributed by atoms with Crippen LogP contribution in [0.1, 0.15) is 11.1 Å². The minimum Gasteiger partial charge on any atom is -0.488 e. The Labute approximate surface area is 193 Å². The second-order valence-corrected chi connectivity index (χ2v) is 7.70. The van der Waals surface area contributed by atoms with Crippen molar-refractivity contribution in [2.75, 3.05) is 0 Å². The highest BCUT2D eigenvalue weighted by molar-refractivity contribution is 5.72. The van der Waals surface area contributed by atoms with Crippen LogP contribution in [0.15, 0.2) is 126 Å². The lowest BCUT2D eigenvalue weighted by molar-refractivity contribution is 0.306. The van der Waals surface area contributed by atoms with Gasteiger partial charge in [0.05, 0.1) is 11.1 Å². The molecule has 0 aliphatic carbocycles. The summed E-state index contributed by atoms with van der Waals surface area (Å²) in [6, 6.07) is 40.1. The molecule has 3 nitrogen and oxygen atoms in total. The fourth-order valence-corrected chi connectivity index (χ4v) is 3.69. The average molecular weight is 433 g/mol. The van der Waals surface area contributed by atoms with Crippen molar-refractivity contribution in [1.82, 2.24) is 0 Å². The molecule has 0 N–H and O–H groups in total. The molecule has 0 amide bonds. The normalized spacial score (nSPS) is 10.7. The Balaban J connectivity index is 1.37. The largest absolute Gasteiger partial charge is 0.488 e. The maximum Gasteiger partial charge on any atom is 0.138 e. The van der Waals surface area contributed by atoms with Gasteiger partial charge in [0.2, 0.25) is 0 Å². The summed E-state index contributed by atoms with van der Waals surface area (Å²) in [6.45, 7) is 1.00. The molecule has 3 heteroatoms. The van der Waals surface area contributed by atoms with E-state index in [4.69, 9.17) is 13.9 Å². The van der Waals surface area contributed by atoms with Crippen molar-refractivity contribution in [3.63, 3.8) is 0 Å². The van der Waals surface area contributed by atoms with Gasteiger partial charge in [0.1, 0.15) is 36.2 Å². The summed E-state index contributed by atoms with van der Waals surface area (Å²) in [4.78, 5) is 0. The van der Waals surface area contributed by atoms with Gasteiger partial charge in [-0.05, 0) is 47.5 Å². The standard InChI is InChI=1S/C30H24O3/c1-3-11-23(12-4-1)21-31-27-17-9-7-15-25(27)29-19-20-30(33-29)26-16-8-10-18-28(26)32-22-24-13-5-2-6-14-24/h1-20H,21-22H2.